The van der Waals surface area contributed by atoms with Crippen LogP contribution < -0.4 is 0 Å². The molecule has 0 aromatic heterocycles. The molecule has 0 aliphatic rings. The van der Waals surface area contributed by atoms with E-state index in [1.807, 2.05) is 0 Å². The van der Waals surface area contributed by atoms with E-state index in [0.29, 0.717) is 0 Å². The first-order valence-electron chi connectivity index (χ1n) is 6.96. The lowest BCUT2D eigenvalue weighted by molar-refractivity contribution is 0.186. The molecule has 1 radical (unpaired) electrons. The van der Waals surface area contributed by atoms with Crippen molar-refractivity contribution in [2.45, 2.75) is 38.5 Å². The summed E-state index contributed by atoms with van der Waals surface area (Å²) in [5.41, 5.74) is 1.43. The molecule has 2 aromatic carbocycles. The van der Waals surface area contributed by atoms with Crippen LogP contribution in [0, 0.1) is 0 Å². The van der Waals surface area contributed by atoms with Crippen LogP contribution in [-0.4, -0.2) is 6.61 Å². The van der Waals surface area contributed by atoms with E-state index < -0.39 is 0 Å². The third kappa shape index (κ3) is 3.85. The molecule has 0 saturated carbocycles. The Morgan fingerprint density at radius 3 is 2.28 bits per heavy atom. The number of hydrogen-bond acceptors (Lipinski definition) is 0. The SMILES string of the molecule is [O]CCCCCCCc1ccc2ccccc2c1. The van der Waals surface area contributed by atoms with E-state index in [4.69, 9.17) is 0 Å². The van der Waals surface area contributed by atoms with Crippen molar-refractivity contribution >= 4 is 10.8 Å². The van der Waals surface area contributed by atoms with Gasteiger partial charge in [-0.25, -0.2) is 5.11 Å². The quantitative estimate of drug-likeness (QED) is 0.623. The van der Waals surface area contributed by atoms with Gasteiger partial charge in [0.15, 0.2) is 0 Å². The maximum absolute atomic E-state index is 10.3. The van der Waals surface area contributed by atoms with E-state index in [-0.39, 0.29) is 6.61 Å². The predicted molar refractivity (Wildman–Crippen MR) is 76.3 cm³/mol. The maximum Gasteiger partial charge on any atom is 0.0822 e. The molecule has 0 unspecified atom stereocenters. The van der Waals surface area contributed by atoms with Crippen LogP contribution >= 0.6 is 0 Å². The lowest BCUT2D eigenvalue weighted by atomic mass is 10.0. The standard InChI is InChI=1S/C17H21O/c18-13-7-3-1-2-4-8-15-11-12-16-9-5-6-10-17(16)14-15/h5-6,9-12,14H,1-4,7-8,13H2. The molecule has 95 valence electrons. The molecule has 0 heterocycles. The molecule has 0 aliphatic heterocycles. The average molecular weight is 241 g/mol. The van der Waals surface area contributed by atoms with Crippen LogP contribution in [-0.2, 0) is 11.5 Å². The highest BCUT2D eigenvalue weighted by Crippen LogP contribution is 2.17. The fourth-order valence-corrected chi connectivity index (χ4v) is 2.36. The van der Waals surface area contributed by atoms with Gasteiger partial charge in [-0.2, -0.15) is 0 Å². The smallest absolute Gasteiger partial charge is 0.0822 e. The first-order valence-corrected chi connectivity index (χ1v) is 6.96. The highest BCUT2D eigenvalue weighted by atomic mass is 16.2. The highest BCUT2D eigenvalue weighted by molar-refractivity contribution is 5.82. The molecule has 0 saturated heterocycles. The topological polar surface area (TPSA) is 19.9 Å². The van der Waals surface area contributed by atoms with Crippen molar-refractivity contribution in [1.29, 1.82) is 0 Å². The number of aryl methyl sites for hydroxylation is 1. The Balaban J connectivity index is 1.81. The summed E-state index contributed by atoms with van der Waals surface area (Å²) in [6, 6.07) is 15.2. The Labute approximate surface area is 109 Å². The second-order valence-electron chi connectivity index (χ2n) is 4.90. The Morgan fingerprint density at radius 2 is 1.44 bits per heavy atom. The number of benzene rings is 2. The van der Waals surface area contributed by atoms with E-state index in [0.717, 1.165) is 19.3 Å². The van der Waals surface area contributed by atoms with E-state index in [2.05, 4.69) is 42.5 Å². The molecule has 0 amide bonds. The first kappa shape index (κ1) is 13.1. The molecule has 2 aromatic rings. The fraction of sp³-hybridized carbons (Fsp3) is 0.412. The summed E-state index contributed by atoms with van der Waals surface area (Å²) in [5.74, 6) is 0. The Bertz CT molecular complexity index is 476. The van der Waals surface area contributed by atoms with Gasteiger partial charge in [-0.1, -0.05) is 61.7 Å². The second kappa shape index (κ2) is 7.17. The van der Waals surface area contributed by atoms with Gasteiger partial charge in [-0.3, -0.25) is 0 Å². The average Bonchev–Trinajstić information content (AvgIpc) is 2.42. The summed E-state index contributed by atoms with van der Waals surface area (Å²) < 4.78 is 0. The predicted octanol–water partition coefficient (Wildman–Crippen LogP) is 4.76. The highest BCUT2D eigenvalue weighted by Gasteiger charge is 1.97. The fourth-order valence-electron chi connectivity index (χ4n) is 2.36. The first-order chi connectivity index (χ1) is 8.90. The van der Waals surface area contributed by atoms with Gasteiger partial charge in [0, 0.05) is 0 Å². The minimum Gasteiger partial charge on any atom is -0.237 e. The van der Waals surface area contributed by atoms with Crippen molar-refractivity contribution in [3.05, 3.63) is 48.0 Å². The summed E-state index contributed by atoms with van der Waals surface area (Å²) in [6.45, 7) is 0.0880. The molecule has 0 spiro atoms. The number of rotatable bonds is 7. The maximum atomic E-state index is 10.3. The molecule has 0 bridgehead atoms. The van der Waals surface area contributed by atoms with E-state index >= 15 is 0 Å². The van der Waals surface area contributed by atoms with Crippen LogP contribution in [0.2, 0.25) is 0 Å². The van der Waals surface area contributed by atoms with Gasteiger partial charge in [0.1, 0.15) is 0 Å². The lowest BCUT2D eigenvalue weighted by Gasteiger charge is -2.04. The van der Waals surface area contributed by atoms with Crippen LogP contribution in [0.1, 0.15) is 37.7 Å². The van der Waals surface area contributed by atoms with E-state index in [1.54, 1.807) is 0 Å². The van der Waals surface area contributed by atoms with Gasteiger partial charge in [-0.15, -0.1) is 0 Å². The summed E-state index contributed by atoms with van der Waals surface area (Å²) in [4.78, 5) is 0. The molecular weight excluding hydrogens is 220 g/mol. The molecule has 0 atom stereocenters. The monoisotopic (exact) mass is 241 g/mol. The summed E-state index contributed by atoms with van der Waals surface area (Å²) in [5, 5.41) is 13.0. The van der Waals surface area contributed by atoms with Gasteiger partial charge in [-0.05, 0) is 35.6 Å². The van der Waals surface area contributed by atoms with Gasteiger partial charge >= 0.3 is 0 Å². The number of unbranched alkanes of at least 4 members (excludes halogenated alkanes) is 4. The van der Waals surface area contributed by atoms with Crippen molar-refractivity contribution in [3.8, 4) is 0 Å². The van der Waals surface area contributed by atoms with Crippen LogP contribution in [0.15, 0.2) is 42.5 Å². The normalized spacial score (nSPS) is 10.9. The third-order valence-corrected chi connectivity index (χ3v) is 3.42. The summed E-state index contributed by atoms with van der Waals surface area (Å²) in [6.07, 6.45) is 6.78. The van der Waals surface area contributed by atoms with Gasteiger partial charge in [0.05, 0.1) is 6.61 Å². The molecular formula is C17H21O. The van der Waals surface area contributed by atoms with Crippen LogP contribution in [0.5, 0.6) is 0 Å². The van der Waals surface area contributed by atoms with Crippen molar-refractivity contribution in [1.82, 2.24) is 0 Å². The summed E-state index contributed by atoms with van der Waals surface area (Å²) in [7, 11) is 0. The zero-order chi connectivity index (χ0) is 12.6. The molecule has 18 heavy (non-hydrogen) atoms. The van der Waals surface area contributed by atoms with Crippen molar-refractivity contribution in [2.24, 2.45) is 0 Å². The lowest BCUT2D eigenvalue weighted by Crippen LogP contribution is -1.87. The molecule has 1 nitrogen and oxygen atoms in total. The minimum absolute atomic E-state index is 0.0880. The van der Waals surface area contributed by atoms with Crippen LogP contribution in [0.25, 0.3) is 10.8 Å². The van der Waals surface area contributed by atoms with E-state index in [1.165, 1.54) is 35.6 Å². The molecule has 0 fully saturated rings. The Morgan fingerprint density at radius 1 is 0.722 bits per heavy atom. The van der Waals surface area contributed by atoms with Gasteiger partial charge < -0.3 is 0 Å². The van der Waals surface area contributed by atoms with Crippen molar-refractivity contribution in [2.75, 3.05) is 6.61 Å². The van der Waals surface area contributed by atoms with Crippen LogP contribution in [0.3, 0.4) is 0 Å². The number of hydrogen-bond donors (Lipinski definition) is 0. The van der Waals surface area contributed by atoms with Crippen molar-refractivity contribution < 1.29 is 5.11 Å². The Hall–Kier alpha value is -1.34. The molecule has 0 N–H and O–H groups in total. The minimum atomic E-state index is 0.0880. The third-order valence-electron chi connectivity index (χ3n) is 3.42. The summed E-state index contributed by atoms with van der Waals surface area (Å²) >= 11 is 0. The number of fused-ring (bicyclic) bond motifs is 1. The molecule has 2 rings (SSSR count). The van der Waals surface area contributed by atoms with Gasteiger partial charge in [0.2, 0.25) is 0 Å². The Kier molecular flexibility index (Phi) is 5.22. The molecule has 0 aliphatic carbocycles. The van der Waals surface area contributed by atoms with Crippen molar-refractivity contribution in [3.63, 3.8) is 0 Å². The zero-order valence-electron chi connectivity index (χ0n) is 10.9. The van der Waals surface area contributed by atoms with Gasteiger partial charge in [0.25, 0.3) is 0 Å². The van der Waals surface area contributed by atoms with Crippen LogP contribution in [0.4, 0.5) is 0 Å². The molecule has 1 heteroatoms. The van der Waals surface area contributed by atoms with E-state index in [9.17, 15) is 5.11 Å². The zero-order valence-corrected chi connectivity index (χ0v) is 10.9. The second-order valence-corrected chi connectivity index (χ2v) is 4.90. The largest absolute Gasteiger partial charge is 0.237 e.